The van der Waals surface area contributed by atoms with Gasteiger partial charge >= 0.3 is 7.82 Å². The van der Waals surface area contributed by atoms with Crippen molar-refractivity contribution < 1.29 is 18.5 Å². The predicted octanol–water partition coefficient (Wildman–Crippen LogP) is 4.43. The number of hydrogen-bond acceptors (Lipinski definition) is 3. The van der Waals surface area contributed by atoms with Gasteiger partial charge in [0, 0.05) is 0 Å². The van der Waals surface area contributed by atoms with Crippen LogP contribution in [0, 0.1) is 11.8 Å². The SMILES string of the molecule is CC(C)CCCOP([O])(=O)OCCCC(C)C. The maximum Gasteiger partial charge on any atom is 0.502 e. The molecular weight excluding hydrogens is 239 g/mol. The molecule has 17 heavy (non-hydrogen) atoms. The first-order chi connectivity index (χ1) is 7.83. The Hall–Kier alpha value is 0.110. The molecule has 5 heteroatoms. The summed E-state index contributed by atoms with van der Waals surface area (Å²) in [5, 5.41) is 0. The first kappa shape index (κ1) is 17.1. The summed E-state index contributed by atoms with van der Waals surface area (Å²) in [7, 11) is -4.06. The maximum atomic E-state index is 11.3. The van der Waals surface area contributed by atoms with Gasteiger partial charge in [-0.3, -0.25) is 9.05 Å². The molecule has 0 amide bonds. The average Bonchev–Trinajstić information content (AvgIpc) is 2.19. The molecule has 0 N–H and O–H groups in total. The first-order valence-corrected chi connectivity index (χ1v) is 7.89. The van der Waals surface area contributed by atoms with Crippen LogP contribution in [0.1, 0.15) is 53.4 Å². The van der Waals surface area contributed by atoms with E-state index >= 15 is 0 Å². The Labute approximate surface area is 105 Å². The van der Waals surface area contributed by atoms with Gasteiger partial charge in [0.25, 0.3) is 0 Å². The zero-order chi connectivity index (χ0) is 13.3. The second kappa shape index (κ2) is 9.09. The molecule has 0 aromatic heterocycles. The zero-order valence-electron chi connectivity index (χ0n) is 11.5. The lowest BCUT2D eigenvalue weighted by molar-refractivity contribution is 0.123. The van der Waals surface area contributed by atoms with E-state index in [0.717, 1.165) is 25.7 Å². The summed E-state index contributed by atoms with van der Waals surface area (Å²) in [5.41, 5.74) is 0. The van der Waals surface area contributed by atoms with Crippen LogP contribution in [0.15, 0.2) is 0 Å². The van der Waals surface area contributed by atoms with Crippen LogP contribution >= 0.6 is 7.82 Å². The fourth-order valence-electron chi connectivity index (χ4n) is 1.37. The molecule has 0 bridgehead atoms. The van der Waals surface area contributed by atoms with Crippen LogP contribution in [0.2, 0.25) is 0 Å². The van der Waals surface area contributed by atoms with E-state index in [2.05, 4.69) is 27.7 Å². The molecule has 0 aromatic rings. The largest absolute Gasteiger partial charge is 0.502 e. The minimum atomic E-state index is -4.06. The van der Waals surface area contributed by atoms with Gasteiger partial charge in [-0.2, -0.15) is 0 Å². The van der Waals surface area contributed by atoms with Gasteiger partial charge in [-0.15, -0.1) is 4.89 Å². The second-order valence-corrected chi connectivity index (χ2v) is 6.60. The summed E-state index contributed by atoms with van der Waals surface area (Å²) >= 11 is 0. The highest BCUT2D eigenvalue weighted by Gasteiger charge is 2.22. The van der Waals surface area contributed by atoms with Crippen molar-refractivity contribution in [1.82, 2.24) is 0 Å². The highest BCUT2D eigenvalue weighted by Crippen LogP contribution is 2.44. The van der Waals surface area contributed by atoms with E-state index in [4.69, 9.17) is 9.05 Å². The van der Waals surface area contributed by atoms with Crippen molar-refractivity contribution >= 4 is 7.82 Å². The normalized spacial score (nSPS) is 12.6. The summed E-state index contributed by atoms with van der Waals surface area (Å²) in [6.07, 6.45) is 3.43. The van der Waals surface area contributed by atoms with Crippen molar-refractivity contribution in [2.75, 3.05) is 13.2 Å². The van der Waals surface area contributed by atoms with E-state index in [1.54, 1.807) is 0 Å². The minimum Gasteiger partial charge on any atom is -0.285 e. The van der Waals surface area contributed by atoms with E-state index in [9.17, 15) is 9.46 Å². The lowest BCUT2D eigenvalue weighted by atomic mass is 10.1. The van der Waals surface area contributed by atoms with Gasteiger partial charge in [0.15, 0.2) is 0 Å². The van der Waals surface area contributed by atoms with E-state index in [-0.39, 0.29) is 13.2 Å². The molecule has 0 saturated heterocycles. The molecule has 1 radical (unpaired) electrons. The van der Waals surface area contributed by atoms with E-state index in [1.807, 2.05) is 0 Å². The summed E-state index contributed by atoms with van der Waals surface area (Å²) in [6.45, 7) is 8.84. The standard InChI is InChI=1S/C12H26O4P/c1-11(2)7-5-9-15-17(13,14)16-10-6-8-12(3)4/h11-12H,5-10H2,1-4H3. The predicted molar refractivity (Wildman–Crippen MR) is 68.3 cm³/mol. The maximum absolute atomic E-state index is 11.3. The molecular formula is C12H26O4P. The molecule has 0 spiro atoms. The molecule has 0 aliphatic carbocycles. The van der Waals surface area contributed by atoms with Gasteiger partial charge in [-0.25, -0.2) is 4.57 Å². The Kier molecular flexibility index (Phi) is 9.15. The Balaban J connectivity index is 3.55. The molecule has 0 rings (SSSR count). The molecule has 0 atom stereocenters. The molecule has 0 aliphatic heterocycles. The molecule has 0 unspecified atom stereocenters. The van der Waals surface area contributed by atoms with Crippen molar-refractivity contribution in [3.8, 4) is 0 Å². The van der Waals surface area contributed by atoms with Crippen LogP contribution in [0.5, 0.6) is 0 Å². The van der Waals surface area contributed by atoms with E-state index < -0.39 is 7.82 Å². The second-order valence-electron chi connectivity index (χ2n) is 5.19. The van der Waals surface area contributed by atoms with Crippen molar-refractivity contribution in [2.45, 2.75) is 53.4 Å². The summed E-state index contributed by atoms with van der Waals surface area (Å²) in [5.74, 6) is 1.13. The number of rotatable bonds is 10. The van der Waals surface area contributed by atoms with Crippen LogP contribution in [-0.4, -0.2) is 13.2 Å². The first-order valence-electron chi connectivity index (χ1n) is 6.43. The average molecular weight is 265 g/mol. The smallest absolute Gasteiger partial charge is 0.285 e. The number of hydrogen-bond donors (Lipinski definition) is 0. The van der Waals surface area contributed by atoms with Crippen molar-refractivity contribution in [3.05, 3.63) is 0 Å². The van der Waals surface area contributed by atoms with Gasteiger partial charge in [-0.05, 0) is 37.5 Å². The Morgan fingerprint density at radius 3 is 1.53 bits per heavy atom. The molecule has 0 fully saturated rings. The Morgan fingerprint density at radius 2 is 1.24 bits per heavy atom. The summed E-state index contributed by atoms with van der Waals surface area (Å²) in [6, 6.07) is 0. The van der Waals surface area contributed by atoms with Gasteiger partial charge < -0.3 is 0 Å². The van der Waals surface area contributed by atoms with Crippen LogP contribution in [0.25, 0.3) is 0 Å². The molecule has 0 aliphatic rings. The fraction of sp³-hybridized carbons (Fsp3) is 1.00. The third-order valence-electron chi connectivity index (χ3n) is 2.35. The molecule has 103 valence electrons. The van der Waals surface area contributed by atoms with Crippen molar-refractivity contribution in [1.29, 1.82) is 0 Å². The van der Waals surface area contributed by atoms with E-state index in [0.29, 0.717) is 11.8 Å². The zero-order valence-corrected chi connectivity index (χ0v) is 12.4. The van der Waals surface area contributed by atoms with Crippen LogP contribution in [0.3, 0.4) is 0 Å². The topological polar surface area (TPSA) is 55.4 Å². The molecule has 0 aromatic carbocycles. The van der Waals surface area contributed by atoms with Gasteiger partial charge in [0.2, 0.25) is 0 Å². The third kappa shape index (κ3) is 12.4. The van der Waals surface area contributed by atoms with E-state index in [1.165, 1.54) is 0 Å². The van der Waals surface area contributed by atoms with Gasteiger partial charge in [-0.1, -0.05) is 27.7 Å². The van der Waals surface area contributed by atoms with Crippen molar-refractivity contribution in [3.63, 3.8) is 0 Å². The lowest BCUT2D eigenvalue weighted by Crippen LogP contribution is -2.00. The highest BCUT2D eigenvalue weighted by atomic mass is 31.2. The monoisotopic (exact) mass is 265 g/mol. The molecule has 0 heterocycles. The van der Waals surface area contributed by atoms with Crippen molar-refractivity contribution in [2.24, 2.45) is 11.8 Å². The Morgan fingerprint density at radius 1 is 0.882 bits per heavy atom. The summed E-state index contributed by atoms with van der Waals surface area (Å²) < 4.78 is 20.8. The van der Waals surface area contributed by atoms with Crippen LogP contribution in [0.4, 0.5) is 0 Å². The quantitative estimate of drug-likeness (QED) is 0.433. The van der Waals surface area contributed by atoms with Gasteiger partial charge in [0.1, 0.15) is 0 Å². The third-order valence-corrected chi connectivity index (χ3v) is 3.35. The van der Waals surface area contributed by atoms with Crippen LogP contribution in [-0.2, 0) is 18.5 Å². The van der Waals surface area contributed by atoms with Gasteiger partial charge in [0.05, 0.1) is 13.2 Å². The minimum absolute atomic E-state index is 0.225. The molecule has 0 saturated carbocycles. The van der Waals surface area contributed by atoms with Crippen LogP contribution < -0.4 is 0 Å². The summed E-state index contributed by atoms with van der Waals surface area (Å²) in [4.78, 5) is 11.3. The fourth-order valence-corrected chi connectivity index (χ4v) is 2.15. The highest BCUT2D eigenvalue weighted by molar-refractivity contribution is 7.47. The Bertz CT molecular complexity index is 209. The lowest BCUT2D eigenvalue weighted by Gasteiger charge is -2.11. The molecule has 4 nitrogen and oxygen atoms in total.